The molecule has 1 fully saturated rings. The van der Waals surface area contributed by atoms with Gasteiger partial charge in [-0.1, -0.05) is 42.5 Å². The molecule has 5 nitrogen and oxygen atoms in total. The number of amides is 1. The van der Waals surface area contributed by atoms with Gasteiger partial charge in [0.15, 0.2) is 5.78 Å². The lowest BCUT2D eigenvalue weighted by Crippen LogP contribution is -2.26. The second kappa shape index (κ2) is 6.37. The first-order valence-corrected chi connectivity index (χ1v) is 9.67. The summed E-state index contributed by atoms with van der Waals surface area (Å²) >= 11 is 0. The average Bonchev–Trinajstić information content (AvgIpc) is 2.97. The number of carbonyl (C=O) groups is 2. The Bertz CT molecular complexity index is 896. The standard InChI is InChI=1S/C17H14ClNO4S/c18-24(22,23)15-10-16(20)19(11-15)14-8-4-7-13(9-14)17(21)12-5-2-1-3-6-12/h1-9,15H,10-11H2. The van der Waals surface area contributed by atoms with Crippen molar-refractivity contribution in [2.45, 2.75) is 11.7 Å². The Morgan fingerprint density at radius 1 is 1.04 bits per heavy atom. The van der Waals surface area contributed by atoms with E-state index in [1.54, 1.807) is 48.5 Å². The van der Waals surface area contributed by atoms with Crippen LogP contribution >= 0.6 is 10.7 Å². The van der Waals surface area contributed by atoms with Crippen molar-refractivity contribution in [1.29, 1.82) is 0 Å². The molecular formula is C17H14ClNO4S. The van der Waals surface area contributed by atoms with Gasteiger partial charge in [0.2, 0.25) is 15.0 Å². The van der Waals surface area contributed by atoms with E-state index in [1.807, 2.05) is 6.07 Å². The van der Waals surface area contributed by atoms with Gasteiger partial charge < -0.3 is 4.90 Å². The highest BCUT2D eigenvalue weighted by atomic mass is 35.7. The Balaban J connectivity index is 1.89. The first-order valence-electron chi connectivity index (χ1n) is 7.30. The molecule has 1 amide bonds. The first-order chi connectivity index (χ1) is 11.4. The van der Waals surface area contributed by atoms with E-state index in [4.69, 9.17) is 10.7 Å². The molecule has 1 atom stereocenters. The monoisotopic (exact) mass is 363 g/mol. The van der Waals surface area contributed by atoms with Gasteiger partial charge in [-0.3, -0.25) is 9.59 Å². The highest BCUT2D eigenvalue weighted by Gasteiger charge is 2.38. The maximum atomic E-state index is 12.5. The third-order valence-corrected chi connectivity index (χ3v) is 5.81. The highest BCUT2D eigenvalue weighted by molar-refractivity contribution is 8.14. The van der Waals surface area contributed by atoms with Crippen molar-refractivity contribution in [3.05, 3.63) is 65.7 Å². The van der Waals surface area contributed by atoms with E-state index in [0.717, 1.165) is 0 Å². The SMILES string of the molecule is O=C(c1ccccc1)c1cccc(N2CC(S(=O)(=O)Cl)CC2=O)c1. The number of hydrogen-bond acceptors (Lipinski definition) is 4. The number of halogens is 1. The minimum absolute atomic E-state index is 0.00630. The number of carbonyl (C=O) groups excluding carboxylic acids is 2. The fourth-order valence-electron chi connectivity index (χ4n) is 2.68. The first kappa shape index (κ1) is 16.7. The van der Waals surface area contributed by atoms with Crippen LogP contribution in [0, 0.1) is 0 Å². The second-order valence-corrected chi connectivity index (χ2v) is 8.46. The Hall–Kier alpha value is -2.18. The summed E-state index contributed by atoms with van der Waals surface area (Å²) in [5, 5.41) is -0.930. The number of ketones is 1. The lowest BCUT2D eigenvalue weighted by Gasteiger charge is -2.17. The molecule has 0 spiro atoms. The van der Waals surface area contributed by atoms with Gasteiger partial charge >= 0.3 is 0 Å². The van der Waals surface area contributed by atoms with Gasteiger partial charge in [-0.25, -0.2) is 8.42 Å². The summed E-state index contributed by atoms with van der Waals surface area (Å²) < 4.78 is 22.9. The molecule has 1 saturated heterocycles. The molecule has 0 aliphatic carbocycles. The molecule has 1 aliphatic rings. The van der Waals surface area contributed by atoms with Gasteiger partial charge in [-0.15, -0.1) is 0 Å². The van der Waals surface area contributed by atoms with E-state index in [-0.39, 0.29) is 24.7 Å². The molecular weight excluding hydrogens is 350 g/mol. The van der Waals surface area contributed by atoms with Crippen LogP contribution in [-0.2, 0) is 13.8 Å². The van der Waals surface area contributed by atoms with Crippen molar-refractivity contribution >= 4 is 37.1 Å². The van der Waals surface area contributed by atoms with Crippen LogP contribution in [0.25, 0.3) is 0 Å². The Kier molecular flexibility index (Phi) is 4.43. The van der Waals surface area contributed by atoms with Gasteiger partial charge in [0.25, 0.3) is 0 Å². The van der Waals surface area contributed by atoms with E-state index in [2.05, 4.69) is 0 Å². The van der Waals surface area contributed by atoms with Crippen LogP contribution < -0.4 is 4.90 Å². The Labute approximate surface area is 144 Å². The average molecular weight is 364 g/mol. The van der Waals surface area contributed by atoms with Crippen LogP contribution in [0.3, 0.4) is 0 Å². The van der Waals surface area contributed by atoms with E-state index < -0.39 is 14.3 Å². The summed E-state index contributed by atoms with van der Waals surface area (Å²) in [5.74, 6) is -0.487. The molecule has 0 N–H and O–H groups in total. The molecule has 24 heavy (non-hydrogen) atoms. The fraction of sp³-hybridized carbons (Fsp3) is 0.176. The summed E-state index contributed by atoms with van der Waals surface area (Å²) in [4.78, 5) is 26.0. The number of anilines is 1. The molecule has 0 radical (unpaired) electrons. The molecule has 3 rings (SSSR count). The quantitative estimate of drug-likeness (QED) is 0.618. The molecule has 0 saturated carbocycles. The molecule has 0 bridgehead atoms. The molecule has 1 unspecified atom stereocenters. The summed E-state index contributed by atoms with van der Waals surface area (Å²) in [7, 11) is 1.56. The van der Waals surface area contributed by atoms with E-state index >= 15 is 0 Å². The van der Waals surface area contributed by atoms with Crippen molar-refractivity contribution in [2.75, 3.05) is 11.4 Å². The zero-order valence-corrected chi connectivity index (χ0v) is 14.1. The molecule has 1 aliphatic heterocycles. The third kappa shape index (κ3) is 3.34. The number of nitrogens with zero attached hydrogens (tertiary/aromatic N) is 1. The van der Waals surface area contributed by atoms with E-state index in [9.17, 15) is 18.0 Å². The number of hydrogen-bond donors (Lipinski definition) is 0. The summed E-state index contributed by atoms with van der Waals surface area (Å²) in [6, 6.07) is 15.4. The van der Waals surface area contributed by atoms with Gasteiger partial charge in [-0.05, 0) is 12.1 Å². The van der Waals surface area contributed by atoms with Crippen molar-refractivity contribution < 1.29 is 18.0 Å². The van der Waals surface area contributed by atoms with Gasteiger partial charge in [0.1, 0.15) is 5.25 Å². The van der Waals surface area contributed by atoms with Crippen molar-refractivity contribution in [3.63, 3.8) is 0 Å². The molecule has 124 valence electrons. The Morgan fingerprint density at radius 3 is 2.33 bits per heavy atom. The minimum atomic E-state index is -3.80. The largest absolute Gasteiger partial charge is 0.311 e. The molecule has 1 heterocycles. The zero-order chi connectivity index (χ0) is 17.3. The number of rotatable bonds is 4. The Morgan fingerprint density at radius 2 is 1.71 bits per heavy atom. The van der Waals surface area contributed by atoms with Gasteiger partial charge in [0.05, 0.1) is 0 Å². The van der Waals surface area contributed by atoms with Crippen molar-refractivity contribution in [3.8, 4) is 0 Å². The van der Waals surface area contributed by atoms with Gasteiger partial charge in [-0.2, -0.15) is 0 Å². The van der Waals surface area contributed by atoms with Crippen LogP contribution in [-0.4, -0.2) is 31.9 Å². The maximum absolute atomic E-state index is 12.5. The van der Waals surface area contributed by atoms with Crippen LogP contribution in [0.2, 0.25) is 0 Å². The predicted octanol–water partition coefficient (Wildman–Crippen LogP) is 2.59. The molecule has 2 aromatic rings. The smallest absolute Gasteiger partial charge is 0.237 e. The summed E-state index contributed by atoms with van der Waals surface area (Å²) in [5.41, 5.74) is 1.47. The van der Waals surface area contributed by atoms with E-state index in [0.29, 0.717) is 16.8 Å². The lowest BCUT2D eigenvalue weighted by molar-refractivity contribution is -0.117. The van der Waals surface area contributed by atoms with E-state index in [1.165, 1.54) is 4.90 Å². The maximum Gasteiger partial charge on any atom is 0.237 e. The topological polar surface area (TPSA) is 71.5 Å². The highest BCUT2D eigenvalue weighted by Crippen LogP contribution is 2.27. The predicted molar refractivity (Wildman–Crippen MR) is 91.8 cm³/mol. The normalized spacial score (nSPS) is 18.0. The van der Waals surface area contributed by atoms with Crippen LogP contribution in [0.5, 0.6) is 0 Å². The van der Waals surface area contributed by atoms with Crippen LogP contribution in [0.1, 0.15) is 22.3 Å². The molecule has 7 heteroatoms. The third-order valence-electron chi connectivity index (χ3n) is 3.94. The minimum Gasteiger partial charge on any atom is -0.311 e. The lowest BCUT2D eigenvalue weighted by atomic mass is 10.0. The zero-order valence-electron chi connectivity index (χ0n) is 12.6. The molecule has 2 aromatic carbocycles. The summed E-state index contributed by atoms with van der Waals surface area (Å²) in [6.45, 7) is -0.00630. The van der Waals surface area contributed by atoms with Crippen LogP contribution in [0.4, 0.5) is 5.69 Å². The second-order valence-electron chi connectivity index (χ2n) is 5.55. The molecule has 0 aromatic heterocycles. The van der Waals surface area contributed by atoms with Crippen LogP contribution in [0.15, 0.2) is 54.6 Å². The van der Waals surface area contributed by atoms with Crippen molar-refractivity contribution in [2.24, 2.45) is 0 Å². The fourth-order valence-corrected chi connectivity index (χ4v) is 3.71. The number of benzene rings is 2. The van der Waals surface area contributed by atoms with Crippen molar-refractivity contribution in [1.82, 2.24) is 0 Å². The van der Waals surface area contributed by atoms with Gasteiger partial charge in [0, 0.05) is 40.5 Å². The summed E-state index contributed by atoms with van der Waals surface area (Å²) in [6.07, 6.45) is -0.150.